The van der Waals surface area contributed by atoms with Gasteiger partial charge >= 0.3 is 6.09 Å². The second kappa shape index (κ2) is 7.99. The van der Waals surface area contributed by atoms with Crippen LogP contribution in [0.2, 0.25) is 0 Å². The Labute approximate surface area is 182 Å². The van der Waals surface area contributed by atoms with Crippen molar-refractivity contribution in [1.29, 1.82) is 0 Å². The van der Waals surface area contributed by atoms with Gasteiger partial charge in [0.05, 0.1) is 33.9 Å². The van der Waals surface area contributed by atoms with Gasteiger partial charge in [0.25, 0.3) is 0 Å². The molecular formula is C24H30N3O2S+. The van der Waals surface area contributed by atoms with Crippen molar-refractivity contribution in [1.82, 2.24) is 14.5 Å². The molecule has 0 aromatic heterocycles. The van der Waals surface area contributed by atoms with Crippen LogP contribution in [0.5, 0.6) is 0 Å². The molecule has 30 heavy (non-hydrogen) atoms. The van der Waals surface area contributed by atoms with Crippen LogP contribution in [0.3, 0.4) is 0 Å². The SMILES string of the molecule is CCc1cc(=[N+]2CCN(C(=O)OC(C)(C)C)CC2)cc2sc3cccc(C)c3nc1-2. The summed E-state index contributed by atoms with van der Waals surface area (Å²) in [5.74, 6) is 0. The maximum atomic E-state index is 12.4. The van der Waals surface area contributed by atoms with Gasteiger partial charge in [0.15, 0.2) is 13.1 Å². The van der Waals surface area contributed by atoms with E-state index in [0.717, 1.165) is 30.7 Å². The molecule has 1 aromatic carbocycles. The molecule has 0 radical (unpaired) electrons. The molecule has 1 aromatic rings. The zero-order valence-electron chi connectivity index (χ0n) is 18.5. The average molecular weight is 425 g/mol. The Morgan fingerprint density at radius 1 is 1.23 bits per heavy atom. The highest BCUT2D eigenvalue weighted by molar-refractivity contribution is 7.21. The van der Waals surface area contributed by atoms with Gasteiger partial charge in [-0.2, -0.15) is 0 Å². The van der Waals surface area contributed by atoms with Crippen LogP contribution in [0.15, 0.2) is 30.3 Å². The molecule has 2 heterocycles. The van der Waals surface area contributed by atoms with Crippen molar-refractivity contribution < 1.29 is 9.53 Å². The first-order valence-electron chi connectivity index (χ1n) is 10.6. The van der Waals surface area contributed by atoms with Crippen molar-refractivity contribution in [3.8, 4) is 10.6 Å². The second-order valence-corrected chi connectivity index (χ2v) is 9.98. The summed E-state index contributed by atoms with van der Waals surface area (Å²) in [5, 5.41) is 1.22. The molecule has 1 amide bonds. The number of hydrogen-bond acceptors (Lipinski definition) is 4. The molecule has 0 spiro atoms. The van der Waals surface area contributed by atoms with Crippen LogP contribution in [-0.2, 0) is 11.2 Å². The van der Waals surface area contributed by atoms with E-state index in [9.17, 15) is 4.79 Å². The van der Waals surface area contributed by atoms with Crippen molar-refractivity contribution in [2.24, 2.45) is 0 Å². The van der Waals surface area contributed by atoms with Gasteiger partial charge in [-0.25, -0.2) is 14.4 Å². The summed E-state index contributed by atoms with van der Waals surface area (Å²) in [4.78, 5) is 20.4. The predicted octanol–water partition coefficient (Wildman–Crippen LogP) is 4.29. The van der Waals surface area contributed by atoms with E-state index in [1.165, 1.54) is 26.1 Å². The quantitative estimate of drug-likeness (QED) is 0.432. The van der Waals surface area contributed by atoms with Crippen molar-refractivity contribution in [2.45, 2.75) is 46.6 Å². The van der Waals surface area contributed by atoms with Crippen molar-refractivity contribution in [3.63, 3.8) is 0 Å². The lowest BCUT2D eigenvalue weighted by Crippen LogP contribution is -2.51. The number of amides is 1. The third kappa shape index (κ3) is 4.19. The summed E-state index contributed by atoms with van der Waals surface area (Å²) in [6.45, 7) is 13.0. The minimum atomic E-state index is -0.460. The number of ether oxygens (including phenoxy) is 1. The molecule has 2 aliphatic heterocycles. The fraction of sp³-hybridized carbons (Fsp3) is 0.458. The molecular weight excluding hydrogens is 394 g/mol. The second-order valence-electron chi connectivity index (χ2n) is 8.90. The third-order valence-corrected chi connectivity index (χ3v) is 6.54. The number of carbonyl (C=O) groups excluding carboxylic acids is 1. The molecule has 0 saturated carbocycles. The molecule has 1 saturated heterocycles. The van der Waals surface area contributed by atoms with Gasteiger partial charge in [-0.05, 0) is 51.3 Å². The summed E-state index contributed by atoms with van der Waals surface area (Å²) < 4.78 is 9.11. The van der Waals surface area contributed by atoms with E-state index in [2.05, 4.69) is 48.8 Å². The predicted molar refractivity (Wildman–Crippen MR) is 123 cm³/mol. The van der Waals surface area contributed by atoms with Crippen LogP contribution in [0, 0.1) is 6.92 Å². The monoisotopic (exact) mass is 424 g/mol. The molecule has 4 rings (SSSR count). The molecule has 1 fully saturated rings. The largest absolute Gasteiger partial charge is 0.444 e. The fourth-order valence-electron chi connectivity index (χ4n) is 3.87. The van der Waals surface area contributed by atoms with Crippen LogP contribution < -0.4 is 9.93 Å². The van der Waals surface area contributed by atoms with Gasteiger partial charge in [-0.3, -0.25) is 4.90 Å². The summed E-state index contributed by atoms with van der Waals surface area (Å²) in [7, 11) is 0. The number of para-hydroxylation sites is 1. The normalized spacial score (nSPS) is 15.1. The molecule has 6 heteroatoms. The minimum absolute atomic E-state index is 0.219. The highest BCUT2D eigenvalue weighted by atomic mass is 32.1. The number of aromatic nitrogens is 1. The summed E-state index contributed by atoms with van der Waals surface area (Å²) >= 11 is 1.81. The Balaban J connectivity index is 1.70. The maximum Gasteiger partial charge on any atom is 0.410 e. The van der Waals surface area contributed by atoms with Crippen LogP contribution in [-0.4, -0.2) is 47.8 Å². The Morgan fingerprint density at radius 2 is 1.97 bits per heavy atom. The number of carbonyl (C=O) groups is 1. The molecule has 1 aliphatic carbocycles. The summed E-state index contributed by atoms with van der Waals surface area (Å²) in [6, 6.07) is 10.9. The zero-order valence-corrected chi connectivity index (χ0v) is 19.3. The molecule has 0 atom stereocenters. The van der Waals surface area contributed by atoms with E-state index in [4.69, 9.17) is 9.72 Å². The number of fused-ring (bicyclic) bond motifs is 2. The first-order chi connectivity index (χ1) is 14.2. The Kier molecular flexibility index (Phi) is 5.53. The molecule has 0 bridgehead atoms. The van der Waals surface area contributed by atoms with E-state index in [-0.39, 0.29) is 6.09 Å². The number of hydrogen-bond donors (Lipinski definition) is 0. The van der Waals surface area contributed by atoms with Gasteiger partial charge in [0.2, 0.25) is 5.36 Å². The minimum Gasteiger partial charge on any atom is -0.444 e. The number of nitrogens with zero attached hydrogens (tertiary/aromatic N) is 3. The lowest BCUT2D eigenvalue weighted by atomic mass is 10.1. The van der Waals surface area contributed by atoms with Crippen LogP contribution >= 0.6 is 11.3 Å². The van der Waals surface area contributed by atoms with E-state index >= 15 is 0 Å². The highest BCUT2D eigenvalue weighted by Crippen LogP contribution is 2.33. The van der Waals surface area contributed by atoms with Gasteiger partial charge in [-0.1, -0.05) is 19.1 Å². The first kappa shape index (κ1) is 20.8. The lowest BCUT2D eigenvalue weighted by Gasteiger charge is -2.28. The number of piperazine rings is 1. The van der Waals surface area contributed by atoms with Crippen molar-refractivity contribution in [3.05, 3.63) is 46.8 Å². The standard InChI is InChI=1S/C24H30N3O2S/c1-6-17-14-18(26-10-12-27(13-11-26)23(28)29-24(3,4)5)15-20-22(17)25-21-16(2)8-7-9-19(21)30-20/h7-9,14-15H,6,10-13H2,1-5H3/q+1. The average Bonchev–Trinajstić information content (AvgIpc) is 2.71. The molecule has 3 aliphatic rings. The molecule has 0 N–H and O–H groups in total. The van der Waals surface area contributed by atoms with Crippen LogP contribution in [0.25, 0.3) is 20.8 Å². The van der Waals surface area contributed by atoms with Gasteiger partial charge in [0, 0.05) is 12.1 Å². The highest BCUT2D eigenvalue weighted by Gasteiger charge is 2.28. The Morgan fingerprint density at radius 3 is 2.63 bits per heavy atom. The van der Waals surface area contributed by atoms with Crippen molar-refractivity contribution in [2.75, 3.05) is 26.2 Å². The summed E-state index contributed by atoms with van der Waals surface area (Å²) in [6.07, 6.45) is 0.724. The summed E-state index contributed by atoms with van der Waals surface area (Å²) in [5.41, 5.74) is 4.25. The molecule has 0 unspecified atom stereocenters. The fourth-order valence-corrected chi connectivity index (χ4v) is 5.01. The lowest BCUT2D eigenvalue weighted by molar-refractivity contribution is 0.0218. The van der Waals surface area contributed by atoms with E-state index in [1.54, 1.807) is 0 Å². The Bertz CT molecular complexity index is 1130. The van der Waals surface area contributed by atoms with E-state index < -0.39 is 5.60 Å². The number of benzene rings is 2. The van der Waals surface area contributed by atoms with E-state index in [0.29, 0.717) is 13.1 Å². The maximum absolute atomic E-state index is 12.4. The van der Waals surface area contributed by atoms with Crippen LogP contribution in [0.1, 0.15) is 38.8 Å². The van der Waals surface area contributed by atoms with Crippen LogP contribution in [0.4, 0.5) is 4.79 Å². The van der Waals surface area contributed by atoms with Crippen molar-refractivity contribution >= 4 is 27.6 Å². The topological polar surface area (TPSA) is 45.4 Å². The molecule has 158 valence electrons. The van der Waals surface area contributed by atoms with Gasteiger partial charge < -0.3 is 4.74 Å². The first-order valence-corrected chi connectivity index (χ1v) is 11.5. The third-order valence-electron chi connectivity index (χ3n) is 5.46. The van der Waals surface area contributed by atoms with E-state index in [1.807, 2.05) is 37.0 Å². The smallest absolute Gasteiger partial charge is 0.410 e. The Hall–Kier alpha value is -2.47. The van der Waals surface area contributed by atoms with Gasteiger partial charge in [-0.15, -0.1) is 11.3 Å². The molecule has 5 nitrogen and oxygen atoms in total. The number of rotatable bonds is 1. The number of aryl methyl sites for hydroxylation is 2. The zero-order chi connectivity index (χ0) is 21.5. The van der Waals surface area contributed by atoms with Gasteiger partial charge in [0.1, 0.15) is 5.60 Å².